The van der Waals surface area contributed by atoms with Gasteiger partial charge in [0.05, 0.1) is 0 Å². The highest BCUT2D eigenvalue weighted by Gasteiger charge is 2.55. The number of aliphatic hydroxyl groups is 1. The minimum Gasteiger partial charge on any atom is -0.380 e. The Morgan fingerprint density at radius 3 is 2.39 bits per heavy atom. The summed E-state index contributed by atoms with van der Waals surface area (Å²) < 4.78 is 4.90. The fourth-order valence-electron chi connectivity index (χ4n) is 4.53. The van der Waals surface area contributed by atoms with Gasteiger partial charge in [0.2, 0.25) is 12.2 Å². The number of likely N-dealkylation sites (tertiary alicyclic amines) is 1. The third-order valence-corrected chi connectivity index (χ3v) is 6.01. The molecule has 146 valence electrons. The Kier molecular flexibility index (Phi) is 4.60. The van der Waals surface area contributed by atoms with Crippen molar-refractivity contribution in [2.45, 2.75) is 32.3 Å². The van der Waals surface area contributed by atoms with Crippen LogP contribution in [0.1, 0.15) is 43.4 Å². The van der Waals surface area contributed by atoms with Crippen molar-refractivity contribution in [3.63, 3.8) is 0 Å². The fraction of sp³-hybridized carbons (Fsp3) is 0.391. The van der Waals surface area contributed by atoms with E-state index in [0.717, 1.165) is 29.8 Å². The van der Waals surface area contributed by atoms with Crippen LogP contribution in [0.3, 0.4) is 0 Å². The molecule has 0 saturated carbocycles. The Morgan fingerprint density at radius 1 is 1.11 bits per heavy atom. The topological polar surface area (TPSA) is 62.4 Å². The molecule has 0 amide bonds. The molecule has 2 aromatic carbocycles. The Morgan fingerprint density at radius 2 is 1.82 bits per heavy atom. The first-order valence-corrected chi connectivity index (χ1v) is 9.72. The van der Waals surface area contributed by atoms with Gasteiger partial charge in [-0.1, -0.05) is 68.4 Å². The monoisotopic (exact) mass is 377 g/mol. The van der Waals surface area contributed by atoms with Gasteiger partial charge < -0.3 is 14.5 Å². The fourth-order valence-corrected chi connectivity index (χ4v) is 4.53. The highest BCUT2D eigenvalue weighted by Crippen LogP contribution is 2.50. The summed E-state index contributed by atoms with van der Waals surface area (Å²) in [4.78, 5) is 6.39. The molecule has 4 rings (SSSR count). The van der Waals surface area contributed by atoms with Crippen molar-refractivity contribution >= 4 is 0 Å². The van der Waals surface area contributed by atoms with E-state index < -0.39 is 5.60 Å². The predicted octanol–water partition coefficient (Wildman–Crippen LogP) is 4.05. The second-order valence-electron chi connectivity index (χ2n) is 8.56. The standard InChI is InChI=1S/C23H27N3O2/c1-16(2)17-8-10-19(11-9-17)23(27,22(3)13-26(4)14-22)20-7-5-6-18(12-20)21-24-15-28-25-21/h5-12,15-16,27H,13-14H2,1-4H3/t23-/m0/s1. The van der Waals surface area contributed by atoms with Gasteiger partial charge in [0, 0.05) is 24.1 Å². The molecule has 5 heteroatoms. The molecule has 1 aliphatic rings. The Bertz CT molecular complexity index is 944. The van der Waals surface area contributed by atoms with E-state index >= 15 is 0 Å². The molecular formula is C23H27N3O2. The first-order chi connectivity index (χ1) is 13.3. The summed E-state index contributed by atoms with van der Waals surface area (Å²) >= 11 is 0. The Hall–Kier alpha value is -2.50. The highest BCUT2D eigenvalue weighted by atomic mass is 16.5. The predicted molar refractivity (Wildman–Crippen MR) is 109 cm³/mol. The molecule has 1 fully saturated rings. The van der Waals surface area contributed by atoms with E-state index in [-0.39, 0.29) is 5.41 Å². The lowest BCUT2D eigenvalue weighted by Crippen LogP contribution is -2.63. The van der Waals surface area contributed by atoms with Gasteiger partial charge in [-0.3, -0.25) is 0 Å². The van der Waals surface area contributed by atoms with Crippen LogP contribution in [0, 0.1) is 5.41 Å². The first kappa shape index (κ1) is 18.8. The van der Waals surface area contributed by atoms with Crippen LogP contribution in [-0.2, 0) is 5.60 Å². The van der Waals surface area contributed by atoms with Crippen molar-refractivity contribution in [3.05, 3.63) is 71.6 Å². The summed E-state index contributed by atoms with van der Waals surface area (Å²) in [7, 11) is 2.08. The van der Waals surface area contributed by atoms with Crippen LogP contribution in [0.4, 0.5) is 0 Å². The zero-order chi connectivity index (χ0) is 19.9. The van der Waals surface area contributed by atoms with E-state index in [1.165, 1.54) is 12.0 Å². The normalized spacial score (nSPS) is 18.6. The molecule has 3 aromatic rings. The number of nitrogens with zero attached hydrogens (tertiary/aromatic N) is 3. The maximum atomic E-state index is 12.2. The molecule has 2 heterocycles. The second kappa shape index (κ2) is 6.83. The molecule has 1 aromatic heterocycles. The smallest absolute Gasteiger partial charge is 0.214 e. The van der Waals surface area contributed by atoms with Crippen molar-refractivity contribution in [1.82, 2.24) is 15.0 Å². The molecule has 0 unspecified atom stereocenters. The number of aromatic nitrogens is 2. The maximum Gasteiger partial charge on any atom is 0.214 e. The van der Waals surface area contributed by atoms with E-state index in [1.807, 2.05) is 24.3 Å². The van der Waals surface area contributed by atoms with Gasteiger partial charge in [-0.15, -0.1) is 0 Å². The van der Waals surface area contributed by atoms with Gasteiger partial charge in [0.1, 0.15) is 5.60 Å². The van der Waals surface area contributed by atoms with Crippen molar-refractivity contribution in [3.8, 4) is 11.4 Å². The van der Waals surface area contributed by atoms with Gasteiger partial charge in [-0.05, 0) is 35.7 Å². The third kappa shape index (κ3) is 2.95. The number of rotatable bonds is 5. The SMILES string of the molecule is CC(C)c1ccc([C@](O)(c2cccc(-c3ncon3)c2)C2(C)CN(C)C2)cc1. The van der Waals surface area contributed by atoms with E-state index in [1.54, 1.807) is 0 Å². The van der Waals surface area contributed by atoms with Crippen LogP contribution in [0.2, 0.25) is 0 Å². The van der Waals surface area contributed by atoms with Crippen molar-refractivity contribution in [1.29, 1.82) is 0 Å². The quantitative estimate of drug-likeness (QED) is 0.727. The van der Waals surface area contributed by atoms with Gasteiger partial charge in [0.25, 0.3) is 0 Å². The Labute approximate surface area is 166 Å². The zero-order valence-electron chi connectivity index (χ0n) is 16.9. The Balaban J connectivity index is 1.84. The summed E-state index contributed by atoms with van der Waals surface area (Å²) in [5, 5.41) is 16.2. The summed E-state index contributed by atoms with van der Waals surface area (Å²) in [6.07, 6.45) is 1.32. The molecule has 0 radical (unpaired) electrons. The van der Waals surface area contributed by atoms with Gasteiger partial charge >= 0.3 is 0 Å². The second-order valence-corrected chi connectivity index (χ2v) is 8.56. The molecule has 0 spiro atoms. The van der Waals surface area contributed by atoms with Crippen LogP contribution < -0.4 is 0 Å². The van der Waals surface area contributed by atoms with Crippen LogP contribution >= 0.6 is 0 Å². The van der Waals surface area contributed by atoms with Crippen LogP contribution in [0.25, 0.3) is 11.4 Å². The van der Waals surface area contributed by atoms with Crippen LogP contribution in [-0.4, -0.2) is 40.3 Å². The summed E-state index contributed by atoms with van der Waals surface area (Å²) in [6.45, 7) is 8.16. The van der Waals surface area contributed by atoms with E-state index in [2.05, 4.69) is 67.1 Å². The minimum absolute atomic E-state index is 0.295. The zero-order valence-corrected chi connectivity index (χ0v) is 16.9. The number of hydrogen-bond donors (Lipinski definition) is 1. The van der Waals surface area contributed by atoms with E-state index in [9.17, 15) is 5.11 Å². The number of benzene rings is 2. The average Bonchev–Trinajstić information content (AvgIpc) is 3.21. The molecular weight excluding hydrogens is 350 g/mol. The molecule has 1 saturated heterocycles. The van der Waals surface area contributed by atoms with Gasteiger partial charge in [0.15, 0.2) is 0 Å². The van der Waals surface area contributed by atoms with Gasteiger partial charge in [-0.2, -0.15) is 4.98 Å². The van der Waals surface area contributed by atoms with Crippen molar-refractivity contribution < 1.29 is 9.63 Å². The van der Waals surface area contributed by atoms with Crippen LogP contribution in [0.15, 0.2) is 59.4 Å². The lowest BCUT2D eigenvalue weighted by Gasteiger charge is -2.56. The molecule has 0 aliphatic carbocycles. The molecule has 0 bridgehead atoms. The van der Waals surface area contributed by atoms with Gasteiger partial charge in [-0.25, -0.2) is 0 Å². The number of hydrogen-bond acceptors (Lipinski definition) is 5. The highest BCUT2D eigenvalue weighted by molar-refractivity contribution is 5.57. The molecule has 1 N–H and O–H groups in total. The molecule has 28 heavy (non-hydrogen) atoms. The van der Waals surface area contributed by atoms with Crippen molar-refractivity contribution in [2.24, 2.45) is 5.41 Å². The van der Waals surface area contributed by atoms with E-state index in [4.69, 9.17) is 4.52 Å². The average molecular weight is 377 g/mol. The summed E-state index contributed by atoms with van der Waals surface area (Å²) in [6, 6.07) is 16.2. The minimum atomic E-state index is -1.12. The molecule has 1 aliphatic heterocycles. The summed E-state index contributed by atoms with van der Waals surface area (Å²) in [5.41, 5.74) is 2.45. The molecule has 5 nitrogen and oxygen atoms in total. The lowest BCUT2D eigenvalue weighted by molar-refractivity contribution is -0.127. The largest absolute Gasteiger partial charge is 0.380 e. The summed E-state index contributed by atoms with van der Waals surface area (Å²) in [5.74, 6) is 0.976. The first-order valence-electron chi connectivity index (χ1n) is 9.72. The lowest BCUT2D eigenvalue weighted by atomic mass is 9.62. The van der Waals surface area contributed by atoms with Crippen molar-refractivity contribution in [2.75, 3.05) is 20.1 Å². The maximum absolute atomic E-state index is 12.2. The van der Waals surface area contributed by atoms with Crippen LogP contribution in [0.5, 0.6) is 0 Å². The third-order valence-electron chi connectivity index (χ3n) is 6.01. The van der Waals surface area contributed by atoms with E-state index in [0.29, 0.717) is 11.7 Å². The molecule has 1 atom stereocenters.